The zero-order chi connectivity index (χ0) is 10.3. The van der Waals surface area contributed by atoms with Crippen molar-refractivity contribution < 1.29 is 4.79 Å². The van der Waals surface area contributed by atoms with Gasteiger partial charge < -0.3 is 0 Å². The van der Waals surface area contributed by atoms with Crippen LogP contribution in [0, 0.1) is 5.92 Å². The number of hydrogen-bond acceptors (Lipinski definition) is 1. The topological polar surface area (TPSA) is 17.1 Å². The molecule has 0 saturated carbocycles. The molecule has 0 heterocycles. The highest BCUT2D eigenvalue weighted by Crippen LogP contribution is 2.10. The molecule has 13 heavy (non-hydrogen) atoms. The van der Waals surface area contributed by atoms with E-state index in [0.717, 1.165) is 25.7 Å². The van der Waals surface area contributed by atoms with Gasteiger partial charge in [0.15, 0.2) is 0 Å². The minimum absolute atomic E-state index is 0.210. The van der Waals surface area contributed by atoms with E-state index in [4.69, 9.17) is 0 Å². The van der Waals surface area contributed by atoms with Crippen molar-refractivity contribution in [2.24, 2.45) is 5.92 Å². The van der Waals surface area contributed by atoms with Gasteiger partial charge in [-0.3, -0.25) is 4.79 Å². The van der Waals surface area contributed by atoms with Crippen molar-refractivity contribution in [1.82, 2.24) is 0 Å². The summed E-state index contributed by atoms with van der Waals surface area (Å²) in [6, 6.07) is 0. The number of Topliss-reactive ketones (excluding diaryl/α,β-unsaturated/α-hetero) is 1. The summed E-state index contributed by atoms with van der Waals surface area (Å²) in [5, 5.41) is 0. The number of ketones is 1. The molecule has 0 N–H and O–H groups in total. The molecule has 0 aromatic heterocycles. The third-order valence-electron chi connectivity index (χ3n) is 2.21. The largest absolute Gasteiger partial charge is 0.299 e. The molecule has 0 aromatic rings. The lowest BCUT2D eigenvalue weighted by atomic mass is 9.97. The second-order valence-corrected chi connectivity index (χ2v) is 3.99. The van der Waals surface area contributed by atoms with Crippen LogP contribution in [0.1, 0.15) is 53.4 Å². The maximum atomic E-state index is 11.5. The molecule has 0 aliphatic carbocycles. The molecular weight excluding hydrogens is 160 g/mol. The molecule has 1 nitrogen and oxygen atoms in total. The summed E-state index contributed by atoms with van der Waals surface area (Å²) in [5.74, 6) is 0.626. The van der Waals surface area contributed by atoms with E-state index in [1.165, 1.54) is 5.57 Å². The van der Waals surface area contributed by atoms with Crippen LogP contribution >= 0.6 is 0 Å². The molecule has 0 radical (unpaired) electrons. The Balaban J connectivity index is 3.76. The van der Waals surface area contributed by atoms with Gasteiger partial charge in [0.05, 0.1) is 0 Å². The van der Waals surface area contributed by atoms with Crippen LogP contribution in [-0.2, 0) is 4.79 Å². The van der Waals surface area contributed by atoms with Crippen LogP contribution in [0.2, 0.25) is 0 Å². The van der Waals surface area contributed by atoms with Crippen molar-refractivity contribution in [3.05, 3.63) is 11.6 Å². The monoisotopic (exact) mass is 182 g/mol. The number of unbranched alkanes of at least 4 members (excludes halogenated alkanes) is 1. The van der Waals surface area contributed by atoms with Gasteiger partial charge in [-0.05, 0) is 26.7 Å². The fourth-order valence-corrected chi connectivity index (χ4v) is 1.14. The van der Waals surface area contributed by atoms with Gasteiger partial charge in [0.2, 0.25) is 0 Å². The van der Waals surface area contributed by atoms with Gasteiger partial charge in [-0.1, -0.05) is 31.9 Å². The Morgan fingerprint density at radius 1 is 1.38 bits per heavy atom. The van der Waals surface area contributed by atoms with Gasteiger partial charge in [-0.2, -0.15) is 0 Å². The smallest absolute Gasteiger partial charge is 0.136 e. The molecule has 76 valence electrons. The molecule has 1 heteroatoms. The first-order valence-corrected chi connectivity index (χ1v) is 5.24. The van der Waals surface area contributed by atoms with Gasteiger partial charge in [0.25, 0.3) is 0 Å². The third kappa shape index (κ3) is 6.56. The van der Waals surface area contributed by atoms with Crippen LogP contribution in [0.4, 0.5) is 0 Å². The molecular formula is C12H22O. The summed E-state index contributed by atoms with van der Waals surface area (Å²) < 4.78 is 0. The number of hydrogen-bond donors (Lipinski definition) is 0. The van der Waals surface area contributed by atoms with E-state index in [9.17, 15) is 4.79 Å². The first-order valence-electron chi connectivity index (χ1n) is 5.24. The fourth-order valence-electron chi connectivity index (χ4n) is 1.14. The first kappa shape index (κ1) is 12.4. The van der Waals surface area contributed by atoms with Gasteiger partial charge in [0, 0.05) is 12.3 Å². The predicted octanol–water partition coefficient (Wildman–Crippen LogP) is 3.74. The quantitative estimate of drug-likeness (QED) is 0.572. The van der Waals surface area contributed by atoms with Crippen molar-refractivity contribution in [3.63, 3.8) is 0 Å². The summed E-state index contributed by atoms with van der Waals surface area (Å²) in [6.45, 7) is 8.29. The van der Waals surface area contributed by atoms with E-state index >= 15 is 0 Å². The zero-order valence-electron chi connectivity index (χ0n) is 9.39. The number of carbonyl (C=O) groups is 1. The molecule has 0 aliphatic heterocycles. The third-order valence-corrected chi connectivity index (χ3v) is 2.21. The standard InChI is InChI=1S/C12H22O/c1-5-6-7-12(13)11(4)9-8-10(2)3/h8,11H,5-7,9H2,1-4H3/t11-/m0/s1. The van der Waals surface area contributed by atoms with Gasteiger partial charge >= 0.3 is 0 Å². The summed E-state index contributed by atoms with van der Waals surface area (Å²) in [5.41, 5.74) is 1.30. The van der Waals surface area contributed by atoms with E-state index in [0.29, 0.717) is 5.78 Å². The SMILES string of the molecule is CCCCC(=O)[C@@H](C)CC=C(C)C. The summed E-state index contributed by atoms with van der Waals surface area (Å²) in [4.78, 5) is 11.5. The van der Waals surface area contributed by atoms with E-state index in [-0.39, 0.29) is 5.92 Å². The van der Waals surface area contributed by atoms with Crippen molar-refractivity contribution in [3.8, 4) is 0 Å². The Bertz CT molecular complexity index is 176. The second-order valence-electron chi connectivity index (χ2n) is 3.99. The van der Waals surface area contributed by atoms with E-state index in [1.54, 1.807) is 0 Å². The van der Waals surface area contributed by atoms with Crippen LogP contribution in [0.5, 0.6) is 0 Å². The Morgan fingerprint density at radius 3 is 2.46 bits per heavy atom. The Kier molecular flexibility index (Phi) is 6.56. The van der Waals surface area contributed by atoms with Crippen LogP contribution < -0.4 is 0 Å². The lowest BCUT2D eigenvalue weighted by Gasteiger charge is -2.07. The van der Waals surface area contributed by atoms with Crippen molar-refractivity contribution in [2.75, 3.05) is 0 Å². The maximum Gasteiger partial charge on any atom is 0.136 e. The van der Waals surface area contributed by atoms with Crippen LogP contribution in [-0.4, -0.2) is 5.78 Å². The van der Waals surface area contributed by atoms with Crippen molar-refractivity contribution >= 4 is 5.78 Å². The van der Waals surface area contributed by atoms with E-state index < -0.39 is 0 Å². The first-order chi connectivity index (χ1) is 6.07. The normalized spacial score (nSPS) is 12.3. The molecule has 0 aliphatic rings. The highest BCUT2D eigenvalue weighted by atomic mass is 16.1. The van der Waals surface area contributed by atoms with Crippen LogP contribution in [0.25, 0.3) is 0 Å². The number of allylic oxidation sites excluding steroid dienone is 2. The Morgan fingerprint density at radius 2 is 2.00 bits per heavy atom. The average molecular weight is 182 g/mol. The lowest BCUT2D eigenvalue weighted by molar-refractivity contribution is -0.122. The summed E-state index contributed by atoms with van der Waals surface area (Å²) in [7, 11) is 0. The van der Waals surface area contributed by atoms with Crippen molar-refractivity contribution in [2.45, 2.75) is 53.4 Å². The molecule has 0 unspecified atom stereocenters. The van der Waals surface area contributed by atoms with E-state index in [1.807, 2.05) is 6.92 Å². The molecule has 0 fully saturated rings. The summed E-state index contributed by atoms with van der Waals surface area (Å²) >= 11 is 0. The van der Waals surface area contributed by atoms with Crippen molar-refractivity contribution in [1.29, 1.82) is 0 Å². The number of carbonyl (C=O) groups excluding carboxylic acids is 1. The molecule has 0 rings (SSSR count). The highest BCUT2D eigenvalue weighted by Gasteiger charge is 2.09. The zero-order valence-corrected chi connectivity index (χ0v) is 9.39. The molecule has 0 bridgehead atoms. The molecule has 0 aromatic carbocycles. The molecule has 0 saturated heterocycles. The predicted molar refractivity (Wildman–Crippen MR) is 57.7 cm³/mol. The highest BCUT2D eigenvalue weighted by molar-refractivity contribution is 5.80. The Labute approximate surface area is 82.2 Å². The van der Waals surface area contributed by atoms with Gasteiger partial charge in [-0.15, -0.1) is 0 Å². The van der Waals surface area contributed by atoms with Crippen LogP contribution in [0.3, 0.4) is 0 Å². The number of rotatable bonds is 6. The summed E-state index contributed by atoms with van der Waals surface area (Å²) in [6.07, 6.45) is 5.97. The van der Waals surface area contributed by atoms with E-state index in [2.05, 4.69) is 26.8 Å². The second kappa shape index (κ2) is 6.88. The molecule has 0 spiro atoms. The fraction of sp³-hybridized carbons (Fsp3) is 0.750. The Hall–Kier alpha value is -0.590. The molecule has 1 atom stereocenters. The van der Waals surface area contributed by atoms with Gasteiger partial charge in [-0.25, -0.2) is 0 Å². The molecule has 0 amide bonds. The lowest BCUT2D eigenvalue weighted by Crippen LogP contribution is -2.09. The van der Waals surface area contributed by atoms with Crippen LogP contribution in [0.15, 0.2) is 11.6 Å². The average Bonchev–Trinajstić information content (AvgIpc) is 2.10. The minimum atomic E-state index is 0.210. The maximum absolute atomic E-state index is 11.5. The minimum Gasteiger partial charge on any atom is -0.299 e. The van der Waals surface area contributed by atoms with Gasteiger partial charge in [0.1, 0.15) is 5.78 Å².